The van der Waals surface area contributed by atoms with Crippen LogP contribution < -0.4 is 10.1 Å². The second-order valence-corrected chi connectivity index (χ2v) is 10.6. The maximum atomic E-state index is 13.6. The van der Waals surface area contributed by atoms with Crippen molar-refractivity contribution in [1.29, 1.82) is 0 Å². The van der Waals surface area contributed by atoms with Gasteiger partial charge < -0.3 is 15.0 Å². The SMILES string of the molecule is Cc1cccc(OCC(=O)N(Cc2cccc(Br)c2)[C@@H](Cc2ccccc2)C(=O)NC(C)(C)C)c1. The van der Waals surface area contributed by atoms with Crippen molar-refractivity contribution in [2.75, 3.05) is 6.61 Å². The lowest BCUT2D eigenvalue weighted by Crippen LogP contribution is -2.55. The molecule has 0 heterocycles. The molecule has 0 aliphatic carbocycles. The van der Waals surface area contributed by atoms with Crippen LogP contribution in [0.5, 0.6) is 5.75 Å². The summed E-state index contributed by atoms with van der Waals surface area (Å²) >= 11 is 3.51. The van der Waals surface area contributed by atoms with E-state index in [1.54, 1.807) is 4.90 Å². The standard InChI is InChI=1S/C29H33BrN2O3/c1-21-10-8-15-25(16-21)35-20-27(33)32(19-23-13-9-14-24(30)17-23)26(28(34)31-29(2,3)4)18-22-11-6-5-7-12-22/h5-17,26H,18-20H2,1-4H3,(H,31,34)/t26-/m0/s1. The van der Waals surface area contributed by atoms with Crippen molar-refractivity contribution in [1.82, 2.24) is 10.2 Å². The molecule has 0 bridgehead atoms. The second-order valence-electron chi connectivity index (χ2n) is 9.70. The highest BCUT2D eigenvalue weighted by Crippen LogP contribution is 2.19. The predicted molar refractivity (Wildman–Crippen MR) is 143 cm³/mol. The number of benzene rings is 3. The van der Waals surface area contributed by atoms with Crippen LogP contribution in [0.2, 0.25) is 0 Å². The Morgan fingerprint density at radius 1 is 0.943 bits per heavy atom. The van der Waals surface area contributed by atoms with Crippen molar-refractivity contribution < 1.29 is 14.3 Å². The molecular formula is C29H33BrN2O3. The average molecular weight is 537 g/mol. The summed E-state index contributed by atoms with van der Waals surface area (Å²) in [5, 5.41) is 3.07. The molecule has 2 amide bonds. The summed E-state index contributed by atoms with van der Waals surface area (Å²) in [5.74, 6) is 0.177. The maximum Gasteiger partial charge on any atom is 0.261 e. The van der Waals surface area contributed by atoms with E-state index in [1.165, 1.54) is 0 Å². The molecule has 0 saturated heterocycles. The van der Waals surface area contributed by atoms with Crippen LogP contribution in [0.15, 0.2) is 83.3 Å². The number of aryl methyl sites for hydroxylation is 1. The molecular weight excluding hydrogens is 504 g/mol. The number of amides is 2. The molecule has 5 nitrogen and oxygen atoms in total. The van der Waals surface area contributed by atoms with Crippen molar-refractivity contribution in [2.45, 2.75) is 52.2 Å². The fraction of sp³-hybridized carbons (Fsp3) is 0.310. The van der Waals surface area contributed by atoms with Crippen molar-refractivity contribution in [2.24, 2.45) is 0 Å². The van der Waals surface area contributed by atoms with Crippen LogP contribution in [0.3, 0.4) is 0 Å². The molecule has 3 aromatic rings. The summed E-state index contributed by atoms with van der Waals surface area (Å²) in [7, 11) is 0. The van der Waals surface area contributed by atoms with Gasteiger partial charge in [0.15, 0.2) is 6.61 Å². The van der Waals surface area contributed by atoms with Crippen LogP contribution in [0.25, 0.3) is 0 Å². The zero-order valence-electron chi connectivity index (χ0n) is 20.8. The summed E-state index contributed by atoms with van der Waals surface area (Å²) in [5.41, 5.74) is 2.51. The Morgan fingerprint density at radius 3 is 2.29 bits per heavy atom. The summed E-state index contributed by atoms with van der Waals surface area (Å²) < 4.78 is 6.75. The van der Waals surface area contributed by atoms with E-state index in [1.807, 2.05) is 107 Å². The number of halogens is 1. The van der Waals surface area contributed by atoms with Gasteiger partial charge in [-0.2, -0.15) is 0 Å². The van der Waals surface area contributed by atoms with Crippen LogP contribution in [-0.4, -0.2) is 34.9 Å². The zero-order valence-corrected chi connectivity index (χ0v) is 22.3. The minimum Gasteiger partial charge on any atom is -0.484 e. The van der Waals surface area contributed by atoms with Crippen LogP contribution in [0, 0.1) is 6.92 Å². The lowest BCUT2D eigenvalue weighted by Gasteiger charge is -2.33. The van der Waals surface area contributed by atoms with Gasteiger partial charge in [0.25, 0.3) is 5.91 Å². The molecule has 0 radical (unpaired) electrons. The van der Waals surface area contributed by atoms with Gasteiger partial charge in [0, 0.05) is 23.0 Å². The number of hydrogen-bond acceptors (Lipinski definition) is 3. The number of ether oxygens (including phenoxy) is 1. The monoisotopic (exact) mass is 536 g/mol. The maximum absolute atomic E-state index is 13.6. The molecule has 0 aliphatic heterocycles. The number of nitrogens with one attached hydrogen (secondary N) is 1. The molecule has 0 unspecified atom stereocenters. The Labute approximate surface area is 216 Å². The highest BCUT2D eigenvalue weighted by Gasteiger charge is 2.32. The summed E-state index contributed by atoms with van der Waals surface area (Å²) in [6, 6.07) is 24.4. The van der Waals surface area contributed by atoms with Crippen LogP contribution in [0.1, 0.15) is 37.5 Å². The quantitative estimate of drug-likeness (QED) is 0.382. The van der Waals surface area contributed by atoms with Gasteiger partial charge in [-0.1, -0.05) is 70.5 Å². The molecule has 0 fully saturated rings. The smallest absolute Gasteiger partial charge is 0.261 e. The van der Waals surface area contributed by atoms with Gasteiger partial charge in [-0.15, -0.1) is 0 Å². The van der Waals surface area contributed by atoms with Gasteiger partial charge >= 0.3 is 0 Å². The van der Waals surface area contributed by atoms with Gasteiger partial charge in [-0.3, -0.25) is 9.59 Å². The van der Waals surface area contributed by atoms with Crippen LogP contribution in [-0.2, 0) is 22.6 Å². The first-order chi connectivity index (χ1) is 16.6. The third-order valence-electron chi connectivity index (χ3n) is 5.36. The third-order valence-corrected chi connectivity index (χ3v) is 5.86. The Balaban J connectivity index is 1.93. The minimum absolute atomic E-state index is 0.161. The van der Waals surface area contributed by atoms with E-state index in [4.69, 9.17) is 4.74 Å². The second kappa shape index (κ2) is 12.0. The van der Waals surface area contributed by atoms with Gasteiger partial charge in [0.2, 0.25) is 5.91 Å². The zero-order chi connectivity index (χ0) is 25.4. The summed E-state index contributed by atoms with van der Waals surface area (Å²) in [4.78, 5) is 28.8. The molecule has 0 saturated carbocycles. The fourth-order valence-electron chi connectivity index (χ4n) is 3.77. The minimum atomic E-state index is -0.704. The Morgan fingerprint density at radius 2 is 1.63 bits per heavy atom. The van der Waals surface area contributed by atoms with E-state index in [9.17, 15) is 9.59 Å². The lowest BCUT2D eigenvalue weighted by atomic mass is 10.0. The van der Waals surface area contributed by atoms with Gasteiger partial charge in [-0.25, -0.2) is 0 Å². The van der Waals surface area contributed by atoms with Crippen LogP contribution in [0.4, 0.5) is 0 Å². The van der Waals surface area contributed by atoms with Gasteiger partial charge in [0.05, 0.1) is 0 Å². The summed E-state index contributed by atoms with van der Waals surface area (Å²) in [6.07, 6.45) is 0.396. The molecule has 0 aliphatic rings. The first-order valence-electron chi connectivity index (χ1n) is 11.7. The molecule has 6 heteroatoms. The van der Waals surface area contributed by atoms with E-state index >= 15 is 0 Å². The first-order valence-corrected chi connectivity index (χ1v) is 12.5. The van der Waals surface area contributed by atoms with Crippen molar-refractivity contribution in [3.05, 3.63) is 100 Å². The van der Waals surface area contributed by atoms with E-state index < -0.39 is 11.6 Å². The molecule has 1 atom stereocenters. The molecule has 0 spiro atoms. The molecule has 0 aromatic heterocycles. The lowest BCUT2D eigenvalue weighted by molar-refractivity contribution is -0.143. The Hall–Kier alpha value is -3.12. The molecule has 35 heavy (non-hydrogen) atoms. The van der Waals surface area contributed by atoms with E-state index in [2.05, 4.69) is 21.2 Å². The fourth-order valence-corrected chi connectivity index (χ4v) is 4.22. The molecule has 184 valence electrons. The van der Waals surface area contributed by atoms with E-state index in [0.717, 1.165) is 21.2 Å². The number of carbonyl (C=O) groups is 2. The van der Waals surface area contributed by atoms with Gasteiger partial charge in [0.1, 0.15) is 11.8 Å². The largest absolute Gasteiger partial charge is 0.484 e. The number of rotatable bonds is 9. The van der Waals surface area contributed by atoms with Gasteiger partial charge in [-0.05, 0) is 68.7 Å². The normalized spacial score (nSPS) is 12.0. The predicted octanol–water partition coefficient (Wildman–Crippen LogP) is 5.69. The molecule has 1 N–H and O–H groups in total. The number of hydrogen-bond donors (Lipinski definition) is 1. The Bertz CT molecular complexity index is 1140. The van der Waals surface area contributed by atoms with E-state index in [0.29, 0.717) is 12.2 Å². The molecule has 3 aromatic carbocycles. The highest BCUT2D eigenvalue weighted by atomic mass is 79.9. The topological polar surface area (TPSA) is 58.6 Å². The summed E-state index contributed by atoms with van der Waals surface area (Å²) in [6.45, 7) is 7.90. The average Bonchev–Trinajstić information content (AvgIpc) is 2.79. The molecule has 3 rings (SSSR count). The van der Waals surface area contributed by atoms with Crippen molar-refractivity contribution >= 4 is 27.7 Å². The Kier molecular flexibility index (Phi) is 9.10. The first kappa shape index (κ1) is 26.5. The van der Waals surface area contributed by atoms with Crippen molar-refractivity contribution in [3.63, 3.8) is 0 Å². The highest BCUT2D eigenvalue weighted by molar-refractivity contribution is 9.10. The number of nitrogens with zero attached hydrogens (tertiary/aromatic N) is 1. The third kappa shape index (κ3) is 8.55. The van der Waals surface area contributed by atoms with E-state index in [-0.39, 0.29) is 25.0 Å². The van der Waals surface area contributed by atoms with Crippen LogP contribution >= 0.6 is 15.9 Å². The van der Waals surface area contributed by atoms with Crippen molar-refractivity contribution in [3.8, 4) is 5.75 Å². The number of carbonyl (C=O) groups excluding carboxylic acids is 2.